The number of anilines is 1. The number of carbonyl (C=O) groups is 2. The van der Waals surface area contributed by atoms with E-state index in [1.165, 1.54) is 42.6 Å². The fourth-order valence-corrected chi connectivity index (χ4v) is 5.28. The predicted molar refractivity (Wildman–Crippen MR) is 139 cm³/mol. The standard InChI is InChI=1S/C27H22N2O7S/c1-34-16-8-10-18(20(12-16)36-3)24(31)22-23(14-4-6-15(30)7-5-14)29(26(33)25(22)32)27-28-19-11-9-17(35-2)13-21(19)37-27/h4-13,23,30-31H,1-3H3/b24-22+. The Morgan fingerprint density at radius 2 is 1.59 bits per heavy atom. The first-order valence-corrected chi connectivity index (χ1v) is 11.9. The number of phenolic OH excluding ortho intramolecular Hbond substituents is 1. The second kappa shape index (κ2) is 9.47. The lowest BCUT2D eigenvalue weighted by molar-refractivity contribution is -0.132. The number of aliphatic hydroxyl groups excluding tert-OH is 1. The van der Waals surface area contributed by atoms with Crippen LogP contribution in [0.15, 0.2) is 66.2 Å². The summed E-state index contributed by atoms with van der Waals surface area (Å²) < 4.78 is 16.7. The second-order valence-corrected chi connectivity index (χ2v) is 9.17. The van der Waals surface area contributed by atoms with Gasteiger partial charge in [0.1, 0.15) is 28.8 Å². The van der Waals surface area contributed by atoms with Crippen molar-refractivity contribution in [3.05, 3.63) is 77.4 Å². The van der Waals surface area contributed by atoms with Gasteiger partial charge < -0.3 is 24.4 Å². The number of aromatic nitrogens is 1. The molecule has 0 saturated carbocycles. The lowest BCUT2D eigenvalue weighted by Crippen LogP contribution is -2.29. The monoisotopic (exact) mass is 518 g/mol. The van der Waals surface area contributed by atoms with Gasteiger partial charge in [-0.15, -0.1) is 0 Å². The molecule has 1 aliphatic heterocycles. The van der Waals surface area contributed by atoms with Crippen molar-refractivity contribution < 1.29 is 34.0 Å². The van der Waals surface area contributed by atoms with Crippen molar-refractivity contribution in [2.75, 3.05) is 26.2 Å². The Bertz CT molecular complexity index is 1560. The third kappa shape index (κ3) is 4.11. The number of amides is 1. The Hall–Kier alpha value is -4.57. The first kappa shape index (κ1) is 24.1. The van der Waals surface area contributed by atoms with Crippen LogP contribution in [0.25, 0.3) is 16.0 Å². The van der Waals surface area contributed by atoms with Gasteiger partial charge in [0.05, 0.1) is 48.7 Å². The van der Waals surface area contributed by atoms with Crippen molar-refractivity contribution in [2.45, 2.75) is 6.04 Å². The molecule has 1 fully saturated rings. The molecule has 1 aromatic heterocycles. The van der Waals surface area contributed by atoms with E-state index < -0.39 is 23.5 Å². The SMILES string of the molecule is COc1ccc(/C(O)=C2\C(=O)C(=O)N(c3nc4ccc(OC)cc4s3)C2c2ccc(O)cc2)c(OC)c1. The summed E-state index contributed by atoms with van der Waals surface area (Å²) in [6.45, 7) is 0. The number of rotatable bonds is 6. The zero-order chi connectivity index (χ0) is 26.3. The maximum Gasteiger partial charge on any atom is 0.301 e. The average Bonchev–Trinajstić information content (AvgIpc) is 3.45. The number of Topliss-reactive ketones (excluding diaryl/α,β-unsaturated/α-hetero) is 1. The van der Waals surface area contributed by atoms with Crippen LogP contribution in [0.1, 0.15) is 17.2 Å². The minimum Gasteiger partial charge on any atom is -0.508 e. The fourth-order valence-electron chi connectivity index (χ4n) is 4.26. The topological polar surface area (TPSA) is 118 Å². The van der Waals surface area contributed by atoms with Crippen molar-refractivity contribution >= 4 is 44.1 Å². The molecular formula is C27H22N2O7S. The van der Waals surface area contributed by atoms with Crippen LogP contribution in [0.2, 0.25) is 0 Å². The van der Waals surface area contributed by atoms with E-state index in [0.717, 1.165) is 4.70 Å². The van der Waals surface area contributed by atoms with Crippen LogP contribution in [-0.2, 0) is 9.59 Å². The number of aromatic hydroxyl groups is 1. The molecule has 5 rings (SSSR count). The molecule has 0 aliphatic carbocycles. The Balaban J connectivity index is 1.72. The van der Waals surface area contributed by atoms with Gasteiger partial charge in [0, 0.05) is 6.07 Å². The predicted octanol–water partition coefficient (Wildman–Crippen LogP) is 4.65. The summed E-state index contributed by atoms with van der Waals surface area (Å²) in [7, 11) is 4.48. The summed E-state index contributed by atoms with van der Waals surface area (Å²) in [5.74, 6) is -0.700. The van der Waals surface area contributed by atoms with Gasteiger partial charge in [-0.1, -0.05) is 23.5 Å². The normalized spacial score (nSPS) is 16.8. The minimum atomic E-state index is -1.00. The van der Waals surface area contributed by atoms with Gasteiger partial charge in [-0.05, 0) is 48.0 Å². The van der Waals surface area contributed by atoms with Gasteiger partial charge >= 0.3 is 5.91 Å². The molecule has 188 valence electrons. The van der Waals surface area contributed by atoms with Crippen molar-refractivity contribution in [1.82, 2.24) is 4.98 Å². The third-order valence-corrected chi connectivity index (χ3v) is 7.12. The largest absolute Gasteiger partial charge is 0.508 e. The van der Waals surface area contributed by atoms with Gasteiger partial charge in [0.25, 0.3) is 5.78 Å². The molecule has 1 atom stereocenters. The summed E-state index contributed by atoms with van der Waals surface area (Å²) in [6.07, 6.45) is 0. The van der Waals surface area contributed by atoms with E-state index in [9.17, 15) is 19.8 Å². The molecule has 9 nitrogen and oxygen atoms in total. The summed E-state index contributed by atoms with van der Waals surface area (Å²) in [5, 5.41) is 21.5. The van der Waals surface area contributed by atoms with Crippen LogP contribution in [0.4, 0.5) is 5.13 Å². The van der Waals surface area contributed by atoms with Crippen LogP contribution in [-0.4, -0.2) is 48.2 Å². The number of nitrogens with zero attached hydrogens (tertiary/aromatic N) is 2. The van der Waals surface area contributed by atoms with Crippen LogP contribution < -0.4 is 19.1 Å². The molecule has 0 spiro atoms. The molecule has 2 heterocycles. The number of hydrogen-bond donors (Lipinski definition) is 2. The van der Waals surface area contributed by atoms with Crippen LogP contribution in [0.5, 0.6) is 23.0 Å². The van der Waals surface area contributed by atoms with Crippen LogP contribution in [0, 0.1) is 0 Å². The van der Waals surface area contributed by atoms with Gasteiger partial charge in [-0.25, -0.2) is 4.98 Å². The summed E-state index contributed by atoms with van der Waals surface area (Å²) >= 11 is 1.22. The highest BCUT2D eigenvalue weighted by Gasteiger charge is 2.48. The van der Waals surface area contributed by atoms with Gasteiger partial charge in [-0.3, -0.25) is 14.5 Å². The number of ketones is 1. The van der Waals surface area contributed by atoms with E-state index in [2.05, 4.69) is 4.98 Å². The number of fused-ring (bicyclic) bond motifs is 1. The molecule has 4 aromatic rings. The van der Waals surface area contributed by atoms with Gasteiger partial charge in [0.2, 0.25) is 0 Å². The highest BCUT2D eigenvalue weighted by Crippen LogP contribution is 2.45. The van der Waals surface area contributed by atoms with E-state index in [4.69, 9.17) is 14.2 Å². The third-order valence-electron chi connectivity index (χ3n) is 6.11. The fraction of sp³-hybridized carbons (Fsp3) is 0.148. The molecule has 1 amide bonds. The zero-order valence-electron chi connectivity index (χ0n) is 20.1. The lowest BCUT2D eigenvalue weighted by Gasteiger charge is -2.23. The molecule has 3 aromatic carbocycles. The first-order valence-electron chi connectivity index (χ1n) is 11.1. The summed E-state index contributed by atoms with van der Waals surface area (Å²) in [5.41, 5.74) is 1.22. The van der Waals surface area contributed by atoms with Crippen molar-refractivity contribution in [2.24, 2.45) is 0 Å². The Morgan fingerprint density at radius 1 is 0.919 bits per heavy atom. The number of thiazole rings is 1. The van der Waals surface area contributed by atoms with E-state index in [-0.39, 0.29) is 27.8 Å². The van der Waals surface area contributed by atoms with Crippen LogP contribution >= 0.6 is 11.3 Å². The van der Waals surface area contributed by atoms with E-state index in [1.54, 1.807) is 55.6 Å². The highest BCUT2D eigenvalue weighted by atomic mass is 32.1. The van der Waals surface area contributed by atoms with Crippen molar-refractivity contribution in [3.63, 3.8) is 0 Å². The molecular weight excluding hydrogens is 496 g/mol. The lowest BCUT2D eigenvalue weighted by atomic mass is 9.95. The van der Waals surface area contributed by atoms with Crippen LogP contribution in [0.3, 0.4) is 0 Å². The number of carbonyl (C=O) groups excluding carboxylic acids is 2. The molecule has 1 aliphatic rings. The van der Waals surface area contributed by atoms with Gasteiger partial charge in [-0.2, -0.15) is 0 Å². The molecule has 37 heavy (non-hydrogen) atoms. The Morgan fingerprint density at radius 3 is 2.27 bits per heavy atom. The van der Waals surface area contributed by atoms with E-state index in [0.29, 0.717) is 22.6 Å². The maximum atomic E-state index is 13.4. The highest BCUT2D eigenvalue weighted by molar-refractivity contribution is 7.22. The molecule has 1 unspecified atom stereocenters. The molecule has 2 N–H and O–H groups in total. The van der Waals surface area contributed by atoms with E-state index >= 15 is 0 Å². The summed E-state index contributed by atoms with van der Waals surface area (Å²) in [6, 6.07) is 15.1. The molecule has 0 bridgehead atoms. The minimum absolute atomic E-state index is 0.0182. The Kier molecular flexibility index (Phi) is 6.18. The van der Waals surface area contributed by atoms with Gasteiger partial charge in [0.15, 0.2) is 5.13 Å². The zero-order valence-corrected chi connectivity index (χ0v) is 20.9. The van der Waals surface area contributed by atoms with Crippen molar-refractivity contribution in [3.8, 4) is 23.0 Å². The van der Waals surface area contributed by atoms with E-state index in [1.807, 2.05) is 0 Å². The Labute approximate surface area is 215 Å². The molecule has 1 saturated heterocycles. The first-order chi connectivity index (χ1) is 17.9. The smallest absolute Gasteiger partial charge is 0.301 e. The number of phenols is 1. The molecule has 10 heteroatoms. The number of aliphatic hydroxyl groups is 1. The quantitative estimate of drug-likeness (QED) is 0.215. The summed E-state index contributed by atoms with van der Waals surface area (Å²) in [4.78, 5) is 32.7. The number of hydrogen-bond acceptors (Lipinski definition) is 9. The molecule has 0 radical (unpaired) electrons. The number of benzene rings is 3. The second-order valence-electron chi connectivity index (χ2n) is 8.16. The number of ether oxygens (including phenoxy) is 3. The van der Waals surface area contributed by atoms with Crippen molar-refractivity contribution in [1.29, 1.82) is 0 Å². The maximum absolute atomic E-state index is 13.4. The average molecular weight is 519 g/mol. The number of methoxy groups -OCH3 is 3.